The van der Waals surface area contributed by atoms with Gasteiger partial charge in [-0.1, -0.05) is 26.2 Å². The van der Waals surface area contributed by atoms with E-state index in [4.69, 9.17) is 11.5 Å². The van der Waals surface area contributed by atoms with Crippen LogP contribution in [0.3, 0.4) is 0 Å². The highest BCUT2D eigenvalue weighted by molar-refractivity contribution is 7.80. The van der Waals surface area contributed by atoms with Gasteiger partial charge < -0.3 is 16.8 Å². The van der Waals surface area contributed by atoms with E-state index in [-0.39, 0.29) is 11.3 Å². The van der Waals surface area contributed by atoms with Gasteiger partial charge in [0.2, 0.25) is 0 Å². The van der Waals surface area contributed by atoms with E-state index < -0.39 is 0 Å². The third-order valence-corrected chi connectivity index (χ3v) is 1.56. The molecule has 0 aliphatic carbocycles. The smallest absolute Gasteiger partial charge is 0.164 e. The highest BCUT2D eigenvalue weighted by atomic mass is 32.1. The van der Waals surface area contributed by atoms with Gasteiger partial charge in [0.1, 0.15) is 0 Å². The van der Waals surface area contributed by atoms with Gasteiger partial charge in [0.25, 0.3) is 0 Å². The van der Waals surface area contributed by atoms with E-state index in [2.05, 4.69) is 24.5 Å². The second kappa shape index (κ2) is 6.37. The molecule has 0 aromatic rings. The van der Waals surface area contributed by atoms with Crippen molar-refractivity contribution in [3.05, 3.63) is 0 Å². The molecular formula is C7H17N3S. The van der Waals surface area contributed by atoms with Gasteiger partial charge in [-0.05, 0) is 18.6 Å². The van der Waals surface area contributed by atoms with Crippen molar-refractivity contribution in [3.63, 3.8) is 0 Å². The predicted octanol–water partition coefficient (Wildman–Crippen LogP) is 0.685. The number of thiocarbonyl (C=S) groups is 1. The minimum absolute atomic E-state index is 0.0703. The predicted molar refractivity (Wildman–Crippen MR) is 52.0 cm³/mol. The van der Waals surface area contributed by atoms with E-state index in [1.54, 1.807) is 0 Å². The van der Waals surface area contributed by atoms with Crippen molar-refractivity contribution in [2.24, 2.45) is 11.5 Å². The number of nitrogens with one attached hydrogen (secondary N) is 1. The number of nitrogens with two attached hydrogens (primary N) is 2. The van der Waals surface area contributed by atoms with Crippen LogP contribution in [0.1, 0.15) is 32.6 Å². The highest BCUT2D eigenvalue weighted by Gasteiger charge is 1.99. The van der Waals surface area contributed by atoms with Gasteiger partial charge in [0.05, 0.1) is 6.17 Å². The Morgan fingerprint density at radius 2 is 2.18 bits per heavy atom. The molecule has 5 N–H and O–H groups in total. The Kier molecular flexibility index (Phi) is 6.16. The second-order valence-electron chi connectivity index (χ2n) is 2.61. The van der Waals surface area contributed by atoms with Gasteiger partial charge in [-0.15, -0.1) is 0 Å². The molecule has 0 aromatic heterocycles. The van der Waals surface area contributed by atoms with Crippen molar-refractivity contribution in [2.45, 2.75) is 38.8 Å². The monoisotopic (exact) mass is 175 g/mol. The molecule has 11 heavy (non-hydrogen) atoms. The number of hydrogen-bond donors (Lipinski definition) is 3. The summed E-state index contributed by atoms with van der Waals surface area (Å²) in [5.41, 5.74) is 10.9. The normalized spacial score (nSPS) is 12.5. The van der Waals surface area contributed by atoms with E-state index in [0.717, 1.165) is 12.8 Å². The van der Waals surface area contributed by atoms with Crippen LogP contribution >= 0.6 is 12.2 Å². The standard InChI is InChI=1S/C7H17N3S/c1-2-3-4-5-6(8)10-7(9)11/h6H,2-5,8H2,1H3,(H3,9,10,11). The minimum atomic E-state index is -0.0703. The van der Waals surface area contributed by atoms with Gasteiger partial charge in [-0.2, -0.15) is 0 Å². The third kappa shape index (κ3) is 7.55. The zero-order valence-electron chi connectivity index (χ0n) is 6.97. The van der Waals surface area contributed by atoms with Crippen LogP contribution in [0.4, 0.5) is 0 Å². The molecule has 1 unspecified atom stereocenters. The fourth-order valence-electron chi connectivity index (χ4n) is 0.869. The Morgan fingerprint density at radius 3 is 2.64 bits per heavy atom. The number of unbranched alkanes of at least 4 members (excludes halogenated alkanes) is 2. The first-order valence-electron chi connectivity index (χ1n) is 3.98. The molecule has 3 nitrogen and oxygen atoms in total. The first-order chi connectivity index (χ1) is 5.16. The van der Waals surface area contributed by atoms with Crippen molar-refractivity contribution < 1.29 is 0 Å². The fourth-order valence-corrected chi connectivity index (χ4v) is 1.02. The third-order valence-electron chi connectivity index (χ3n) is 1.45. The molecule has 0 spiro atoms. The lowest BCUT2D eigenvalue weighted by Gasteiger charge is -2.12. The minimum Gasteiger partial charge on any atom is -0.376 e. The molecule has 0 heterocycles. The first kappa shape index (κ1) is 10.7. The maximum Gasteiger partial charge on any atom is 0.164 e. The van der Waals surface area contributed by atoms with Crippen LogP contribution in [-0.2, 0) is 0 Å². The lowest BCUT2D eigenvalue weighted by Crippen LogP contribution is -2.44. The molecule has 0 bridgehead atoms. The Hall–Kier alpha value is -0.350. The van der Waals surface area contributed by atoms with Gasteiger partial charge in [-0.25, -0.2) is 0 Å². The molecule has 0 rings (SSSR count). The van der Waals surface area contributed by atoms with Crippen LogP contribution in [0, 0.1) is 0 Å². The van der Waals surface area contributed by atoms with Crippen molar-refractivity contribution in [1.29, 1.82) is 0 Å². The van der Waals surface area contributed by atoms with Crippen LogP contribution < -0.4 is 16.8 Å². The summed E-state index contributed by atoms with van der Waals surface area (Å²) in [5, 5.41) is 3.07. The summed E-state index contributed by atoms with van der Waals surface area (Å²) in [6.07, 6.45) is 4.42. The summed E-state index contributed by atoms with van der Waals surface area (Å²) >= 11 is 4.64. The van der Waals surface area contributed by atoms with E-state index in [0.29, 0.717) is 0 Å². The van der Waals surface area contributed by atoms with Crippen LogP contribution in [0.2, 0.25) is 0 Å². The Morgan fingerprint density at radius 1 is 1.55 bits per heavy atom. The van der Waals surface area contributed by atoms with Gasteiger partial charge in [0.15, 0.2) is 5.11 Å². The first-order valence-corrected chi connectivity index (χ1v) is 4.39. The molecular weight excluding hydrogens is 158 g/mol. The quantitative estimate of drug-likeness (QED) is 0.327. The Balaban J connectivity index is 3.22. The van der Waals surface area contributed by atoms with E-state index in [1.807, 2.05) is 0 Å². The average molecular weight is 175 g/mol. The number of rotatable bonds is 5. The van der Waals surface area contributed by atoms with Crippen molar-refractivity contribution >= 4 is 17.3 Å². The Bertz CT molecular complexity index is 116. The second-order valence-corrected chi connectivity index (χ2v) is 3.05. The molecule has 0 radical (unpaired) electrons. The van der Waals surface area contributed by atoms with Crippen LogP contribution in [0.5, 0.6) is 0 Å². The molecule has 0 saturated heterocycles. The summed E-state index contributed by atoms with van der Waals surface area (Å²) in [7, 11) is 0. The van der Waals surface area contributed by atoms with E-state index >= 15 is 0 Å². The summed E-state index contributed by atoms with van der Waals surface area (Å²) in [6, 6.07) is 0. The maximum atomic E-state index is 5.64. The molecule has 0 fully saturated rings. The van der Waals surface area contributed by atoms with E-state index in [9.17, 15) is 0 Å². The lowest BCUT2D eigenvalue weighted by atomic mass is 10.2. The SMILES string of the molecule is CCCCCC(N)NC(N)=S. The molecule has 4 heteroatoms. The summed E-state index contributed by atoms with van der Waals surface area (Å²) in [4.78, 5) is 0. The molecule has 0 saturated carbocycles. The molecule has 1 atom stereocenters. The topological polar surface area (TPSA) is 64.1 Å². The van der Waals surface area contributed by atoms with Crippen molar-refractivity contribution in [2.75, 3.05) is 0 Å². The lowest BCUT2D eigenvalue weighted by molar-refractivity contribution is 0.537. The summed E-state index contributed by atoms with van der Waals surface area (Å²) in [5.74, 6) is 0. The molecule has 66 valence electrons. The molecule has 0 amide bonds. The van der Waals surface area contributed by atoms with Gasteiger partial charge >= 0.3 is 0 Å². The van der Waals surface area contributed by atoms with Crippen LogP contribution in [0.25, 0.3) is 0 Å². The number of hydrogen-bond acceptors (Lipinski definition) is 2. The zero-order valence-corrected chi connectivity index (χ0v) is 7.79. The fraction of sp³-hybridized carbons (Fsp3) is 0.857. The van der Waals surface area contributed by atoms with Crippen molar-refractivity contribution in [1.82, 2.24) is 5.32 Å². The highest BCUT2D eigenvalue weighted by Crippen LogP contribution is 1.99. The maximum absolute atomic E-state index is 5.64. The van der Waals surface area contributed by atoms with Crippen molar-refractivity contribution in [3.8, 4) is 0 Å². The van der Waals surface area contributed by atoms with Gasteiger partial charge in [-0.3, -0.25) is 0 Å². The Labute approximate surface area is 73.5 Å². The van der Waals surface area contributed by atoms with E-state index in [1.165, 1.54) is 12.8 Å². The average Bonchev–Trinajstić information content (AvgIpc) is 1.86. The van der Waals surface area contributed by atoms with Crippen LogP contribution in [-0.4, -0.2) is 11.3 Å². The largest absolute Gasteiger partial charge is 0.376 e. The summed E-state index contributed by atoms with van der Waals surface area (Å²) < 4.78 is 0. The molecule has 0 aliphatic rings. The molecule has 0 aromatic carbocycles. The van der Waals surface area contributed by atoms with Crippen LogP contribution in [0.15, 0.2) is 0 Å². The van der Waals surface area contributed by atoms with Gasteiger partial charge in [0, 0.05) is 0 Å². The molecule has 0 aliphatic heterocycles. The zero-order chi connectivity index (χ0) is 8.69. The summed E-state index contributed by atoms with van der Waals surface area (Å²) in [6.45, 7) is 2.16.